The molecule has 1 rings (SSSR count). The van der Waals surface area contributed by atoms with Crippen LogP contribution in [0.3, 0.4) is 0 Å². The molecule has 0 spiro atoms. The second-order valence-corrected chi connectivity index (χ2v) is 2.71. The van der Waals surface area contributed by atoms with Gasteiger partial charge in [-0.05, 0) is 18.6 Å². The molecule has 0 saturated heterocycles. The first-order valence-corrected chi connectivity index (χ1v) is 4.22. The Morgan fingerprint density at radius 1 is 1.46 bits per heavy atom. The lowest BCUT2D eigenvalue weighted by Gasteiger charge is -2.04. The maximum atomic E-state index is 11.7. The van der Waals surface area contributed by atoms with Crippen molar-refractivity contribution >= 4 is 12.0 Å². The van der Waals surface area contributed by atoms with Gasteiger partial charge in [-0.15, -0.1) is 0 Å². The Hall–Kier alpha value is -1.38. The molecule has 0 aliphatic heterocycles. The Morgan fingerprint density at radius 3 is 3.00 bits per heavy atom. The van der Waals surface area contributed by atoms with Gasteiger partial charge in [-0.1, -0.05) is 12.1 Å². The number of nitrogens with one attached hydrogen (secondary N) is 1. The highest BCUT2D eigenvalue weighted by atomic mass is 19.1. The topological polar surface area (TPSA) is 29.1 Å². The van der Waals surface area contributed by atoms with Gasteiger partial charge in [-0.2, -0.15) is 0 Å². The fraction of sp³-hybridized carbons (Fsp3) is 0.300. The molecule has 1 aromatic carbocycles. The SMILES string of the molecule is O=Cc1cccc(NCCCF)c1. The standard InChI is InChI=1S/C10H12FNO/c11-5-2-6-12-10-4-1-3-9(7-10)8-13/h1,3-4,7-8,12H,2,5-6H2. The number of carbonyl (C=O) groups excluding carboxylic acids is 1. The van der Waals surface area contributed by atoms with E-state index in [0.717, 1.165) is 12.0 Å². The quantitative estimate of drug-likeness (QED) is 0.557. The van der Waals surface area contributed by atoms with Crippen LogP contribution in [0.15, 0.2) is 24.3 Å². The molecule has 0 heterocycles. The number of hydrogen-bond acceptors (Lipinski definition) is 2. The third-order valence-electron chi connectivity index (χ3n) is 1.66. The van der Waals surface area contributed by atoms with Gasteiger partial charge in [0.1, 0.15) is 6.29 Å². The molecule has 0 atom stereocenters. The lowest BCUT2D eigenvalue weighted by Crippen LogP contribution is -2.02. The number of aldehydes is 1. The molecule has 1 N–H and O–H groups in total. The largest absolute Gasteiger partial charge is 0.385 e. The molecular weight excluding hydrogens is 169 g/mol. The van der Waals surface area contributed by atoms with Gasteiger partial charge >= 0.3 is 0 Å². The maximum Gasteiger partial charge on any atom is 0.150 e. The van der Waals surface area contributed by atoms with Gasteiger partial charge in [0.25, 0.3) is 0 Å². The van der Waals surface area contributed by atoms with E-state index < -0.39 is 0 Å². The zero-order valence-electron chi connectivity index (χ0n) is 7.29. The number of benzene rings is 1. The van der Waals surface area contributed by atoms with Crippen LogP contribution < -0.4 is 5.32 Å². The minimum Gasteiger partial charge on any atom is -0.385 e. The number of carbonyl (C=O) groups is 1. The first-order valence-electron chi connectivity index (χ1n) is 4.22. The van der Waals surface area contributed by atoms with Crippen molar-refractivity contribution in [1.82, 2.24) is 0 Å². The zero-order valence-corrected chi connectivity index (χ0v) is 7.29. The van der Waals surface area contributed by atoms with E-state index in [0.29, 0.717) is 18.5 Å². The van der Waals surface area contributed by atoms with Crippen molar-refractivity contribution in [2.45, 2.75) is 6.42 Å². The highest BCUT2D eigenvalue weighted by Gasteiger charge is 1.93. The lowest BCUT2D eigenvalue weighted by atomic mass is 10.2. The van der Waals surface area contributed by atoms with E-state index in [1.54, 1.807) is 18.2 Å². The van der Waals surface area contributed by atoms with Crippen LogP contribution >= 0.6 is 0 Å². The third-order valence-corrected chi connectivity index (χ3v) is 1.66. The van der Waals surface area contributed by atoms with Crippen LogP contribution in [0.1, 0.15) is 16.8 Å². The molecule has 0 radical (unpaired) electrons. The Labute approximate surface area is 76.8 Å². The van der Waals surface area contributed by atoms with Gasteiger partial charge in [0.05, 0.1) is 6.67 Å². The highest BCUT2D eigenvalue weighted by molar-refractivity contribution is 5.76. The van der Waals surface area contributed by atoms with Crippen molar-refractivity contribution in [2.75, 3.05) is 18.5 Å². The second-order valence-electron chi connectivity index (χ2n) is 2.71. The van der Waals surface area contributed by atoms with E-state index in [2.05, 4.69) is 5.32 Å². The molecule has 2 nitrogen and oxygen atoms in total. The summed E-state index contributed by atoms with van der Waals surface area (Å²) < 4.78 is 11.7. The van der Waals surface area contributed by atoms with Gasteiger partial charge in [0, 0.05) is 17.8 Å². The van der Waals surface area contributed by atoms with Gasteiger partial charge in [-0.25, -0.2) is 0 Å². The molecule has 0 aromatic heterocycles. The summed E-state index contributed by atoms with van der Waals surface area (Å²) in [5, 5.41) is 3.02. The van der Waals surface area contributed by atoms with Crippen LogP contribution in [0.5, 0.6) is 0 Å². The Kier molecular flexibility index (Phi) is 3.96. The van der Waals surface area contributed by atoms with Crippen molar-refractivity contribution in [3.05, 3.63) is 29.8 Å². The summed E-state index contributed by atoms with van der Waals surface area (Å²) in [7, 11) is 0. The molecule has 0 aliphatic carbocycles. The monoisotopic (exact) mass is 181 g/mol. The number of halogens is 1. The molecule has 1 aromatic rings. The average Bonchev–Trinajstić information content (AvgIpc) is 2.19. The van der Waals surface area contributed by atoms with Gasteiger partial charge < -0.3 is 5.32 Å². The summed E-state index contributed by atoms with van der Waals surface area (Å²) in [4.78, 5) is 10.4. The summed E-state index contributed by atoms with van der Waals surface area (Å²) in [6.07, 6.45) is 1.28. The molecule has 0 unspecified atom stereocenters. The first-order chi connectivity index (χ1) is 6.36. The molecule has 0 fully saturated rings. The summed E-state index contributed by atoms with van der Waals surface area (Å²) in [5.74, 6) is 0. The smallest absolute Gasteiger partial charge is 0.150 e. The van der Waals surface area contributed by atoms with E-state index in [-0.39, 0.29) is 6.67 Å². The Balaban J connectivity index is 2.51. The molecule has 0 aliphatic rings. The van der Waals surface area contributed by atoms with Crippen LogP contribution in [0.2, 0.25) is 0 Å². The van der Waals surface area contributed by atoms with Crippen molar-refractivity contribution in [3.63, 3.8) is 0 Å². The molecular formula is C10H12FNO. The van der Waals surface area contributed by atoms with Gasteiger partial charge in [0.2, 0.25) is 0 Å². The minimum atomic E-state index is -0.319. The lowest BCUT2D eigenvalue weighted by molar-refractivity contribution is 0.112. The Bertz CT molecular complexity index is 275. The predicted molar refractivity (Wildman–Crippen MR) is 50.9 cm³/mol. The third kappa shape index (κ3) is 3.23. The molecule has 0 amide bonds. The number of anilines is 1. The highest BCUT2D eigenvalue weighted by Crippen LogP contribution is 2.08. The molecule has 0 bridgehead atoms. The van der Waals surface area contributed by atoms with Gasteiger partial charge in [0.15, 0.2) is 0 Å². The van der Waals surface area contributed by atoms with E-state index in [4.69, 9.17) is 0 Å². The maximum absolute atomic E-state index is 11.7. The normalized spacial score (nSPS) is 9.62. The van der Waals surface area contributed by atoms with E-state index >= 15 is 0 Å². The van der Waals surface area contributed by atoms with Crippen LogP contribution in [-0.4, -0.2) is 19.5 Å². The number of hydrogen-bond donors (Lipinski definition) is 1. The van der Waals surface area contributed by atoms with Crippen LogP contribution in [0.4, 0.5) is 10.1 Å². The summed E-state index contributed by atoms with van der Waals surface area (Å²) in [6.45, 7) is 0.277. The predicted octanol–water partition coefficient (Wildman–Crippen LogP) is 2.27. The fourth-order valence-corrected chi connectivity index (χ4v) is 1.02. The van der Waals surface area contributed by atoms with Crippen molar-refractivity contribution in [1.29, 1.82) is 0 Å². The van der Waals surface area contributed by atoms with Crippen LogP contribution in [-0.2, 0) is 0 Å². The summed E-state index contributed by atoms with van der Waals surface area (Å²) in [5.41, 5.74) is 1.49. The fourth-order valence-electron chi connectivity index (χ4n) is 1.02. The van der Waals surface area contributed by atoms with E-state index in [1.165, 1.54) is 0 Å². The molecule has 0 saturated carbocycles. The van der Waals surface area contributed by atoms with Gasteiger partial charge in [-0.3, -0.25) is 9.18 Å². The molecule has 3 heteroatoms. The second kappa shape index (κ2) is 5.30. The van der Waals surface area contributed by atoms with Crippen molar-refractivity contribution < 1.29 is 9.18 Å². The Morgan fingerprint density at radius 2 is 2.31 bits per heavy atom. The number of alkyl halides is 1. The van der Waals surface area contributed by atoms with Crippen LogP contribution in [0, 0.1) is 0 Å². The first kappa shape index (κ1) is 9.71. The van der Waals surface area contributed by atoms with Crippen molar-refractivity contribution in [3.8, 4) is 0 Å². The molecule has 13 heavy (non-hydrogen) atoms. The van der Waals surface area contributed by atoms with Crippen LogP contribution in [0.25, 0.3) is 0 Å². The molecule has 70 valence electrons. The summed E-state index contributed by atoms with van der Waals surface area (Å²) in [6, 6.07) is 7.12. The van der Waals surface area contributed by atoms with E-state index in [1.807, 2.05) is 6.07 Å². The van der Waals surface area contributed by atoms with Crippen molar-refractivity contribution in [2.24, 2.45) is 0 Å². The minimum absolute atomic E-state index is 0.319. The summed E-state index contributed by atoms with van der Waals surface area (Å²) >= 11 is 0. The average molecular weight is 181 g/mol. The number of rotatable bonds is 5. The van der Waals surface area contributed by atoms with E-state index in [9.17, 15) is 9.18 Å². The zero-order chi connectivity index (χ0) is 9.52.